The van der Waals surface area contributed by atoms with Crippen LogP contribution in [0.2, 0.25) is 0 Å². The van der Waals surface area contributed by atoms with Crippen LogP contribution in [0.15, 0.2) is 4.99 Å². The maximum absolute atomic E-state index is 12.9. The summed E-state index contributed by atoms with van der Waals surface area (Å²) >= 11 is 0. The third kappa shape index (κ3) is 9.68. The number of aldehydes is 1. The highest BCUT2D eigenvalue weighted by atomic mass is 16.2. The van der Waals surface area contributed by atoms with E-state index in [2.05, 4.69) is 29.5 Å². The summed E-state index contributed by atoms with van der Waals surface area (Å²) in [4.78, 5) is 42.0. The van der Waals surface area contributed by atoms with E-state index in [0.717, 1.165) is 32.2 Å². The number of amides is 2. The summed E-state index contributed by atoms with van der Waals surface area (Å²) in [7, 11) is 0. The predicted octanol–water partition coefficient (Wildman–Crippen LogP) is -0.259. The molecular weight excluding hydrogens is 360 g/mol. The zero-order valence-corrected chi connectivity index (χ0v) is 17.2. The summed E-state index contributed by atoms with van der Waals surface area (Å²) in [5, 5.41) is 5.94. The van der Waals surface area contributed by atoms with Crippen LogP contribution in [0.4, 0.5) is 0 Å². The molecule has 1 aliphatic rings. The van der Waals surface area contributed by atoms with Gasteiger partial charge in [-0.05, 0) is 44.6 Å². The third-order valence-electron chi connectivity index (χ3n) is 4.71. The third-order valence-corrected chi connectivity index (χ3v) is 4.71. The largest absolute Gasteiger partial charge is 0.370 e. The second-order valence-corrected chi connectivity index (χ2v) is 7.70. The molecule has 0 aromatic carbocycles. The molecule has 6 N–H and O–H groups in total. The fourth-order valence-corrected chi connectivity index (χ4v) is 3.08. The highest BCUT2D eigenvalue weighted by molar-refractivity contribution is 5.88. The Balaban J connectivity index is 2.58. The molecule has 160 valence electrons. The zero-order chi connectivity index (χ0) is 20.9. The van der Waals surface area contributed by atoms with Crippen molar-refractivity contribution in [1.29, 1.82) is 0 Å². The molecule has 2 atom stereocenters. The van der Waals surface area contributed by atoms with Gasteiger partial charge in [0.2, 0.25) is 11.8 Å². The van der Waals surface area contributed by atoms with Crippen molar-refractivity contribution in [3.05, 3.63) is 0 Å². The Morgan fingerprint density at radius 3 is 2.61 bits per heavy atom. The molecule has 0 aromatic heterocycles. The molecule has 0 radical (unpaired) electrons. The van der Waals surface area contributed by atoms with E-state index in [9.17, 15) is 14.4 Å². The second kappa shape index (κ2) is 13.1. The molecule has 1 saturated heterocycles. The van der Waals surface area contributed by atoms with Crippen LogP contribution < -0.4 is 22.1 Å². The molecule has 28 heavy (non-hydrogen) atoms. The molecule has 0 aromatic rings. The van der Waals surface area contributed by atoms with Gasteiger partial charge in [-0.15, -0.1) is 0 Å². The Morgan fingerprint density at radius 1 is 1.29 bits per heavy atom. The minimum atomic E-state index is -0.614. The molecule has 0 aliphatic carbocycles. The SMILES string of the molecule is CC(C)CCN(CC(=O)N[C@H](C=O)CCCN=C(N)N)C(=O)[C@H]1CCCCN1. The van der Waals surface area contributed by atoms with Crippen LogP contribution in [-0.4, -0.2) is 67.2 Å². The maximum atomic E-state index is 12.9. The molecule has 0 spiro atoms. The maximum Gasteiger partial charge on any atom is 0.240 e. The Morgan fingerprint density at radius 2 is 2.04 bits per heavy atom. The lowest BCUT2D eigenvalue weighted by atomic mass is 10.0. The van der Waals surface area contributed by atoms with Crippen LogP contribution in [0, 0.1) is 5.92 Å². The minimum Gasteiger partial charge on any atom is -0.370 e. The number of hydrogen-bond donors (Lipinski definition) is 4. The number of piperidine rings is 1. The lowest BCUT2D eigenvalue weighted by molar-refractivity contribution is -0.138. The molecule has 1 aliphatic heterocycles. The summed E-state index contributed by atoms with van der Waals surface area (Å²) in [6.45, 7) is 5.88. The van der Waals surface area contributed by atoms with Gasteiger partial charge in [0.25, 0.3) is 0 Å². The number of aliphatic imine (C=N–C) groups is 1. The van der Waals surface area contributed by atoms with Crippen molar-refractivity contribution in [1.82, 2.24) is 15.5 Å². The number of nitrogens with two attached hydrogens (primary N) is 2. The van der Waals surface area contributed by atoms with Crippen molar-refractivity contribution >= 4 is 24.1 Å². The van der Waals surface area contributed by atoms with Gasteiger partial charge in [0.15, 0.2) is 5.96 Å². The van der Waals surface area contributed by atoms with Crippen molar-refractivity contribution in [3.8, 4) is 0 Å². The van der Waals surface area contributed by atoms with Crippen LogP contribution in [0.3, 0.4) is 0 Å². The quantitative estimate of drug-likeness (QED) is 0.155. The number of carbonyl (C=O) groups is 3. The van der Waals surface area contributed by atoms with Crippen LogP contribution in [0.25, 0.3) is 0 Å². The number of nitrogens with zero attached hydrogens (tertiary/aromatic N) is 2. The molecule has 1 heterocycles. The average Bonchev–Trinajstić information content (AvgIpc) is 2.67. The average molecular weight is 397 g/mol. The number of hydrogen-bond acceptors (Lipinski definition) is 5. The van der Waals surface area contributed by atoms with Crippen molar-refractivity contribution < 1.29 is 14.4 Å². The van der Waals surface area contributed by atoms with Gasteiger partial charge < -0.3 is 31.8 Å². The molecule has 0 saturated carbocycles. The van der Waals surface area contributed by atoms with Gasteiger partial charge in [0.1, 0.15) is 6.29 Å². The molecule has 2 amide bonds. The summed E-state index contributed by atoms with van der Waals surface area (Å²) < 4.78 is 0. The van der Waals surface area contributed by atoms with Gasteiger partial charge in [0.05, 0.1) is 18.6 Å². The Labute approximate surface area is 167 Å². The monoisotopic (exact) mass is 396 g/mol. The smallest absolute Gasteiger partial charge is 0.240 e. The van der Waals surface area contributed by atoms with Gasteiger partial charge in [-0.25, -0.2) is 0 Å². The van der Waals surface area contributed by atoms with E-state index in [0.29, 0.717) is 38.1 Å². The normalized spacial score (nSPS) is 17.6. The fourth-order valence-electron chi connectivity index (χ4n) is 3.08. The topological polar surface area (TPSA) is 143 Å². The molecule has 0 bridgehead atoms. The molecule has 1 fully saturated rings. The van der Waals surface area contributed by atoms with Gasteiger partial charge >= 0.3 is 0 Å². The van der Waals surface area contributed by atoms with Gasteiger partial charge in [-0.3, -0.25) is 14.6 Å². The molecule has 9 heteroatoms. The van der Waals surface area contributed by atoms with E-state index >= 15 is 0 Å². The summed E-state index contributed by atoms with van der Waals surface area (Å²) in [5.74, 6) is 0.0658. The predicted molar refractivity (Wildman–Crippen MR) is 110 cm³/mol. The molecule has 9 nitrogen and oxygen atoms in total. The molecular formula is C19H36N6O3. The first-order valence-corrected chi connectivity index (χ1v) is 10.2. The number of nitrogens with one attached hydrogen (secondary N) is 2. The first-order chi connectivity index (χ1) is 13.3. The van der Waals surface area contributed by atoms with Crippen LogP contribution in [0.1, 0.15) is 52.4 Å². The molecule has 0 unspecified atom stereocenters. The first-order valence-electron chi connectivity index (χ1n) is 10.2. The van der Waals surface area contributed by atoms with E-state index in [1.165, 1.54) is 0 Å². The van der Waals surface area contributed by atoms with Crippen molar-refractivity contribution in [3.63, 3.8) is 0 Å². The standard InChI is InChI=1S/C19H36N6O3/c1-14(2)8-11-25(18(28)16-7-3-4-9-22-16)12-17(27)24-15(13-26)6-5-10-23-19(20)21/h13-16,22H,3-12H2,1-2H3,(H,24,27)(H4,20,21,23)/t15-,16+/m0/s1. The van der Waals surface area contributed by atoms with E-state index in [-0.39, 0.29) is 30.4 Å². The highest BCUT2D eigenvalue weighted by Crippen LogP contribution is 2.11. The van der Waals surface area contributed by atoms with E-state index < -0.39 is 6.04 Å². The summed E-state index contributed by atoms with van der Waals surface area (Å²) in [6, 6.07) is -0.841. The fraction of sp³-hybridized carbons (Fsp3) is 0.789. The van der Waals surface area contributed by atoms with E-state index in [4.69, 9.17) is 11.5 Å². The van der Waals surface area contributed by atoms with E-state index in [1.54, 1.807) is 4.90 Å². The van der Waals surface area contributed by atoms with Crippen LogP contribution in [-0.2, 0) is 14.4 Å². The van der Waals surface area contributed by atoms with Crippen LogP contribution >= 0.6 is 0 Å². The lowest BCUT2D eigenvalue weighted by Gasteiger charge is -2.30. The van der Waals surface area contributed by atoms with Gasteiger partial charge in [-0.2, -0.15) is 0 Å². The zero-order valence-electron chi connectivity index (χ0n) is 17.2. The number of carbonyl (C=O) groups excluding carboxylic acids is 3. The molecule has 1 rings (SSSR count). The lowest BCUT2D eigenvalue weighted by Crippen LogP contribution is -2.52. The number of rotatable bonds is 12. The first kappa shape index (κ1) is 23.9. The summed E-state index contributed by atoms with van der Waals surface area (Å²) in [5.41, 5.74) is 10.5. The van der Waals surface area contributed by atoms with Gasteiger partial charge in [-0.1, -0.05) is 20.3 Å². The van der Waals surface area contributed by atoms with Crippen molar-refractivity contribution in [2.24, 2.45) is 22.4 Å². The number of guanidine groups is 1. The van der Waals surface area contributed by atoms with Gasteiger partial charge in [0, 0.05) is 13.1 Å². The second-order valence-electron chi connectivity index (χ2n) is 7.70. The Hall–Kier alpha value is -2.16. The van der Waals surface area contributed by atoms with Crippen LogP contribution in [0.5, 0.6) is 0 Å². The Kier molecular flexibility index (Phi) is 11.2. The van der Waals surface area contributed by atoms with Crippen molar-refractivity contribution in [2.45, 2.75) is 64.5 Å². The Bertz CT molecular complexity index is 528. The summed E-state index contributed by atoms with van der Waals surface area (Å²) in [6.07, 6.45) is 5.41. The van der Waals surface area contributed by atoms with Crippen molar-refractivity contribution in [2.75, 3.05) is 26.2 Å². The highest BCUT2D eigenvalue weighted by Gasteiger charge is 2.27. The van der Waals surface area contributed by atoms with E-state index in [1.807, 2.05) is 0 Å². The minimum absolute atomic E-state index is 0.00215.